The molecule has 0 aliphatic rings. The first-order chi connectivity index (χ1) is 12.8. The SMILES string of the molecule is COc1ccccc1C=NNC(=O)COc1c(C(C)C)cc(Br)c(C)c1Br. The summed E-state index contributed by atoms with van der Waals surface area (Å²) in [5, 5.41) is 3.97. The second kappa shape index (κ2) is 9.90. The quantitative estimate of drug-likeness (QED) is 0.423. The molecule has 0 aromatic heterocycles. The lowest BCUT2D eigenvalue weighted by Gasteiger charge is -2.18. The number of benzene rings is 2. The molecule has 0 radical (unpaired) electrons. The van der Waals surface area contributed by atoms with E-state index in [-0.39, 0.29) is 18.4 Å². The van der Waals surface area contributed by atoms with Crippen molar-refractivity contribution < 1.29 is 14.3 Å². The molecule has 0 spiro atoms. The number of hydrogen-bond acceptors (Lipinski definition) is 4. The van der Waals surface area contributed by atoms with Crippen molar-refractivity contribution >= 4 is 44.0 Å². The molecule has 0 fully saturated rings. The zero-order valence-electron chi connectivity index (χ0n) is 15.7. The fourth-order valence-corrected chi connectivity index (χ4v) is 3.67. The lowest BCUT2D eigenvalue weighted by molar-refractivity contribution is -0.123. The molecule has 2 rings (SSSR count). The van der Waals surface area contributed by atoms with Crippen molar-refractivity contribution in [3.05, 3.63) is 56.0 Å². The minimum atomic E-state index is -0.344. The molecule has 0 aliphatic carbocycles. The maximum absolute atomic E-state index is 12.1. The van der Waals surface area contributed by atoms with E-state index in [1.165, 1.54) is 6.21 Å². The molecular formula is C20H22Br2N2O3. The summed E-state index contributed by atoms with van der Waals surface area (Å²) >= 11 is 7.12. The van der Waals surface area contributed by atoms with E-state index < -0.39 is 0 Å². The molecule has 144 valence electrons. The van der Waals surface area contributed by atoms with Gasteiger partial charge in [0.05, 0.1) is 17.8 Å². The van der Waals surface area contributed by atoms with Gasteiger partial charge in [0.25, 0.3) is 5.91 Å². The number of methoxy groups -OCH3 is 1. The number of hydrogen-bond donors (Lipinski definition) is 1. The Hall–Kier alpha value is -1.86. The van der Waals surface area contributed by atoms with Crippen LogP contribution in [0.5, 0.6) is 11.5 Å². The molecule has 0 saturated heterocycles. The van der Waals surface area contributed by atoms with Crippen LogP contribution < -0.4 is 14.9 Å². The van der Waals surface area contributed by atoms with Crippen molar-refractivity contribution in [3.8, 4) is 11.5 Å². The van der Waals surface area contributed by atoms with Crippen LogP contribution in [0.4, 0.5) is 0 Å². The van der Waals surface area contributed by atoms with E-state index in [1.54, 1.807) is 7.11 Å². The Morgan fingerprint density at radius 2 is 2.00 bits per heavy atom. The largest absolute Gasteiger partial charge is 0.496 e. The molecule has 2 aromatic carbocycles. The molecule has 0 atom stereocenters. The summed E-state index contributed by atoms with van der Waals surface area (Å²) in [6, 6.07) is 9.44. The van der Waals surface area contributed by atoms with E-state index >= 15 is 0 Å². The van der Waals surface area contributed by atoms with Crippen LogP contribution in [-0.2, 0) is 4.79 Å². The zero-order chi connectivity index (χ0) is 20.0. The van der Waals surface area contributed by atoms with E-state index in [2.05, 4.69) is 56.2 Å². The highest BCUT2D eigenvalue weighted by Gasteiger charge is 2.17. The van der Waals surface area contributed by atoms with Gasteiger partial charge in [-0.15, -0.1) is 0 Å². The number of halogens is 2. The minimum absolute atomic E-state index is 0.136. The Bertz CT molecular complexity index is 851. The number of amides is 1. The number of nitrogens with one attached hydrogen (secondary N) is 1. The number of hydrazone groups is 1. The molecule has 5 nitrogen and oxygen atoms in total. The van der Waals surface area contributed by atoms with Gasteiger partial charge in [-0.05, 0) is 58.1 Å². The lowest BCUT2D eigenvalue weighted by Crippen LogP contribution is -2.25. The van der Waals surface area contributed by atoms with Crippen LogP contribution in [0.1, 0.15) is 36.5 Å². The summed E-state index contributed by atoms with van der Waals surface area (Å²) < 4.78 is 12.9. The first-order valence-electron chi connectivity index (χ1n) is 8.41. The maximum atomic E-state index is 12.1. The number of carbonyl (C=O) groups excluding carboxylic acids is 1. The average Bonchev–Trinajstić information content (AvgIpc) is 2.65. The summed E-state index contributed by atoms with van der Waals surface area (Å²) in [6.45, 7) is 5.99. The van der Waals surface area contributed by atoms with Gasteiger partial charge in [0.2, 0.25) is 0 Å². The van der Waals surface area contributed by atoms with Gasteiger partial charge in [0, 0.05) is 10.0 Å². The van der Waals surface area contributed by atoms with Crippen LogP contribution in [0.15, 0.2) is 44.4 Å². The van der Waals surface area contributed by atoms with E-state index in [1.807, 2.05) is 37.3 Å². The van der Waals surface area contributed by atoms with Gasteiger partial charge in [-0.2, -0.15) is 5.10 Å². The second-order valence-electron chi connectivity index (χ2n) is 6.19. The predicted octanol–water partition coefficient (Wildman–Crippen LogP) is 5.18. The van der Waals surface area contributed by atoms with Gasteiger partial charge in [-0.1, -0.05) is 41.9 Å². The Balaban J connectivity index is 2.04. The topological polar surface area (TPSA) is 59.9 Å². The van der Waals surface area contributed by atoms with Crippen LogP contribution >= 0.6 is 31.9 Å². The molecule has 1 amide bonds. The minimum Gasteiger partial charge on any atom is -0.496 e. The number of para-hydroxylation sites is 1. The normalized spacial score (nSPS) is 11.1. The molecule has 0 heterocycles. The highest BCUT2D eigenvalue weighted by molar-refractivity contribution is 9.11. The van der Waals surface area contributed by atoms with Crippen LogP contribution in [0.2, 0.25) is 0 Å². The highest BCUT2D eigenvalue weighted by Crippen LogP contribution is 2.40. The third-order valence-corrected chi connectivity index (χ3v) is 5.71. The lowest BCUT2D eigenvalue weighted by atomic mass is 10.0. The summed E-state index contributed by atoms with van der Waals surface area (Å²) in [7, 11) is 1.59. The van der Waals surface area contributed by atoms with Crippen molar-refractivity contribution in [2.24, 2.45) is 5.10 Å². The van der Waals surface area contributed by atoms with Crippen molar-refractivity contribution in [3.63, 3.8) is 0 Å². The first-order valence-corrected chi connectivity index (χ1v) is 10.00. The Morgan fingerprint density at radius 1 is 1.30 bits per heavy atom. The fourth-order valence-electron chi connectivity index (χ4n) is 2.40. The van der Waals surface area contributed by atoms with Crippen molar-refractivity contribution in [2.45, 2.75) is 26.7 Å². The molecule has 0 aliphatic heterocycles. The maximum Gasteiger partial charge on any atom is 0.277 e. The van der Waals surface area contributed by atoms with Crippen molar-refractivity contribution in [1.82, 2.24) is 5.43 Å². The molecule has 0 bridgehead atoms. The second-order valence-corrected chi connectivity index (χ2v) is 7.84. The molecule has 2 aromatic rings. The highest BCUT2D eigenvalue weighted by atomic mass is 79.9. The van der Waals surface area contributed by atoms with Gasteiger partial charge >= 0.3 is 0 Å². The molecule has 0 unspecified atom stereocenters. The van der Waals surface area contributed by atoms with E-state index in [0.717, 1.165) is 25.6 Å². The molecule has 0 saturated carbocycles. The standard InChI is InChI=1S/C20H22Br2N2O3/c1-12(2)15-9-16(21)13(3)19(22)20(15)27-11-18(25)24-23-10-14-7-5-6-8-17(14)26-4/h5-10,12H,11H2,1-4H3,(H,24,25). The van der Waals surface area contributed by atoms with Crippen LogP contribution in [-0.4, -0.2) is 25.8 Å². The van der Waals surface area contributed by atoms with E-state index in [4.69, 9.17) is 9.47 Å². The Labute approximate surface area is 176 Å². The van der Waals surface area contributed by atoms with Crippen LogP contribution in [0, 0.1) is 6.92 Å². The number of rotatable bonds is 7. The van der Waals surface area contributed by atoms with Gasteiger partial charge in [0.15, 0.2) is 6.61 Å². The van der Waals surface area contributed by atoms with E-state index in [0.29, 0.717) is 11.5 Å². The smallest absolute Gasteiger partial charge is 0.277 e. The average molecular weight is 498 g/mol. The Morgan fingerprint density at radius 3 is 2.67 bits per heavy atom. The van der Waals surface area contributed by atoms with Crippen LogP contribution in [0.25, 0.3) is 0 Å². The molecule has 7 heteroatoms. The van der Waals surface area contributed by atoms with Gasteiger partial charge < -0.3 is 9.47 Å². The summed E-state index contributed by atoms with van der Waals surface area (Å²) in [5.74, 6) is 1.26. The Kier molecular flexibility index (Phi) is 7.86. The third kappa shape index (κ3) is 5.56. The van der Waals surface area contributed by atoms with Crippen molar-refractivity contribution in [1.29, 1.82) is 0 Å². The first kappa shape index (κ1) is 21.4. The van der Waals surface area contributed by atoms with Crippen LogP contribution in [0.3, 0.4) is 0 Å². The third-order valence-electron chi connectivity index (χ3n) is 3.93. The van der Waals surface area contributed by atoms with E-state index in [9.17, 15) is 4.79 Å². The van der Waals surface area contributed by atoms with Crippen molar-refractivity contribution in [2.75, 3.05) is 13.7 Å². The summed E-state index contributed by atoms with van der Waals surface area (Å²) in [4.78, 5) is 12.1. The summed E-state index contributed by atoms with van der Waals surface area (Å²) in [6.07, 6.45) is 1.54. The fraction of sp³-hybridized carbons (Fsp3) is 0.300. The molecular weight excluding hydrogens is 476 g/mol. The number of ether oxygens (including phenoxy) is 2. The summed E-state index contributed by atoms with van der Waals surface area (Å²) in [5.41, 5.74) is 5.28. The predicted molar refractivity (Wildman–Crippen MR) is 115 cm³/mol. The van der Waals surface area contributed by atoms with Gasteiger partial charge in [-0.25, -0.2) is 5.43 Å². The van der Waals surface area contributed by atoms with Gasteiger partial charge in [0.1, 0.15) is 11.5 Å². The molecule has 1 N–H and O–H groups in total. The number of carbonyl (C=O) groups is 1. The zero-order valence-corrected chi connectivity index (χ0v) is 18.8. The monoisotopic (exact) mass is 496 g/mol. The molecule has 27 heavy (non-hydrogen) atoms. The van der Waals surface area contributed by atoms with Gasteiger partial charge in [-0.3, -0.25) is 4.79 Å². The number of nitrogens with zero attached hydrogens (tertiary/aromatic N) is 1.